The highest BCUT2D eigenvalue weighted by Crippen LogP contribution is 2.15. The van der Waals surface area contributed by atoms with Gasteiger partial charge in [-0.05, 0) is 38.9 Å². The van der Waals surface area contributed by atoms with Gasteiger partial charge in [-0.25, -0.2) is 0 Å². The van der Waals surface area contributed by atoms with E-state index in [1.54, 1.807) is 10.8 Å². The SMILES string of the molecule is Cc1cc(NCC(O)CN2CCCCCC2)c2nncn2n1. The average Bonchev–Trinajstić information content (AvgIpc) is 2.81. The van der Waals surface area contributed by atoms with Crippen molar-refractivity contribution in [2.45, 2.75) is 38.7 Å². The molecule has 22 heavy (non-hydrogen) atoms. The van der Waals surface area contributed by atoms with E-state index in [1.807, 2.05) is 13.0 Å². The Morgan fingerprint density at radius 3 is 2.82 bits per heavy atom. The standard InChI is InChI=1S/C15H24N6O/c1-12-8-14(15-18-17-11-21(15)19-12)16-9-13(22)10-20-6-4-2-3-5-7-20/h8,11,13,16,22H,2-7,9-10H2,1H3. The van der Waals surface area contributed by atoms with Crippen molar-refractivity contribution in [1.29, 1.82) is 0 Å². The number of anilines is 1. The molecule has 7 nitrogen and oxygen atoms in total. The molecule has 1 aliphatic rings. The van der Waals surface area contributed by atoms with E-state index in [0.29, 0.717) is 12.2 Å². The Morgan fingerprint density at radius 2 is 2.05 bits per heavy atom. The molecule has 1 fully saturated rings. The number of hydrogen-bond donors (Lipinski definition) is 2. The van der Waals surface area contributed by atoms with Crippen LogP contribution in [-0.4, -0.2) is 62.1 Å². The fourth-order valence-electron chi connectivity index (χ4n) is 2.99. The molecule has 2 aromatic heterocycles. The first kappa shape index (κ1) is 15.2. The Hall–Kier alpha value is -1.73. The lowest BCUT2D eigenvalue weighted by molar-refractivity contribution is 0.124. The van der Waals surface area contributed by atoms with E-state index in [4.69, 9.17) is 0 Å². The third-order valence-corrected chi connectivity index (χ3v) is 4.09. The van der Waals surface area contributed by atoms with E-state index in [0.717, 1.165) is 31.0 Å². The smallest absolute Gasteiger partial charge is 0.200 e. The van der Waals surface area contributed by atoms with Gasteiger partial charge in [0.15, 0.2) is 0 Å². The number of nitrogens with zero attached hydrogens (tertiary/aromatic N) is 5. The van der Waals surface area contributed by atoms with Crippen LogP contribution in [-0.2, 0) is 0 Å². The van der Waals surface area contributed by atoms with Crippen LogP contribution in [0, 0.1) is 6.92 Å². The zero-order valence-corrected chi connectivity index (χ0v) is 13.1. The zero-order chi connectivity index (χ0) is 15.4. The minimum absolute atomic E-state index is 0.394. The van der Waals surface area contributed by atoms with E-state index >= 15 is 0 Å². The molecule has 120 valence electrons. The van der Waals surface area contributed by atoms with Crippen LogP contribution >= 0.6 is 0 Å². The number of aryl methyl sites for hydroxylation is 1. The van der Waals surface area contributed by atoms with Gasteiger partial charge in [-0.3, -0.25) is 0 Å². The highest BCUT2D eigenvalue weighted by molar-refractivity contribution is 5.66. The molecule has 1 unspecified atom stereocenters. The Bertz CT molecular complexity index is 605. The molecule has 1 aliphatic heterocycles. The van der Waals surface area contributed by atoms with Crippen LogP contribution in [0.3, 0.4) is 0 Å². The minimum Gasteiger partial charge on any atom is -0.390 e. The van der Waals surface area contributed by atoms with Gasteiger partial charge in [0.05, 0.1) is 17.5 Å². The second kappa shape index (κ2) is 7.02. The summed E-state index contributed by atoms with van der Waals surface area (Å²) in [4.78, 5) is 2.36. The maximum absolute atomic E-state index is 10.3. The lowest BCUT2D eigenvalue weighted by Gasteiger charge is -2.23. The maximum Gasteiger partial charge on any atom is 0.200 e. The first-order valence-corrected chi connectivity index (χ1v) is 8.04. The molecule has 0 spiro atoms. The molecule has 0 radical (unpaired) electrons. The van der Waals surface area contributed by atoms with E-state index in [-0.39, 0.29) is 0 Å². The van der Waals surface area contributed by atoms with Crippen LogP contribution in [0.25, 0.3) is 5.65 Å². The summed E-state index contributed by atoms with van der Waals surface area (Å²) in [5.74, 6) is 0. The predicted octanol–water partition coefficient (Wildman–Crippen LogP) is 1.08. The average molecular weight is 304 g/mol. The van der Waals surface area contributed by atoms with E-state index in [9.17, 15) is 5.11 Å². The monoisotopic (exact) mass is 304 g/mol. The van der Waals surface area contributed by atoms with Gasteiger partial charge >= 0.3 is 0 Å². The molecule has 2 N–H and O–H groups in total. The number of rotatable bonds is 5. The van der Waals surface area contributed by atoms with Gasteiger partial charge < -0.3 is 15.3 Å². The van der Waals surface area contributed by atoms with Crippen molar-refractivity contribution >= 4 is 11.3 Å². The molecule has 3 heterocycles. The van der Waals surface area contributed by atoms with E-state index < -0.39 is 6.10 Å². The third-order valence-electron chi connectivity index (χ3n) is 4.09. The van der Waals surface area contributed by atoms with Gasteiger partial charge in [-0.1, -0.05) is 12.8 Å². The molecule has 0 saturated carbocycles. The Balaban J connectivity index is 1.57. The lowest BCUT2D eigenvalue weighted by atomic mass is 10.2. The van der Waals surface area contributed by atoms with Crippen LogP contribution in [0.5, 0.6) is 0 Å². The summed E-state index contributed by atoms with van der Waals surface area (Å²) in [7, 11) is 0. The molecule has 7 heteroatoms. The fourth-order valence-corrected chi connectivity index (χ4v) is 2.99. The van der Waals surface area contributed by atoms with Crippen LogP contribution in [0.1, 0.15) is 31.4 Å². The summed E-state index contributed by atoms with van der Waals surface area (Å²) in [5, 5.41) is 25.8. The Labute approximate surface area is 130 Å². The Morgan fingerprint density at radius 1 is 1.27 bits per heavy atom. The quantitative estimate of drug-likeness (QED) is 0.860. The number of hydrogen-bond acceptors (Lipinski definition) is 6. The number of aliphatic hydroxyl groups excluding tert-OH is 1. The first-order valence-electron chi connectivity index (χ1n) is 8.04. The second-order valence-electron chi connectivity index (χ2n) is 6.05. The molecular weight excluding hydrogens is 280 g/mol. The van der Waals surface area contributed by atoms with Gasteiger partial charge in [0.25, 0.3) is 0 Å². The van der Waals surface area contributed by atoms with E-state index in [1.165, 1.54) is 25.7 Å². The number of β-amino-alcohol motifs (C(OH)–C–C–N with tert-alkyl or cyclic N) is 1. The topological polar surface area (TPSA) is 78.6 Å². The van der Waals surface area contributed by atoms with Crippen molar-refractivity contribution < 1.29 is 5.11 Å². The molecule has 3 rings (SSSR count). The third kappa shape index (κ3) is 3.72. The van der Waals surface area contributed by atoms with Crippen molar-refractivity contribution in [3.63, 3.8) is 0 Å². The summed E-state index contributed by atoms with van der Waals surface area (Å²) in [6.07, 6.45) is 6.29. The number of aliphatic hydroxyl groups is 1. The predicted molar refractivity (Wildman–Crippen MR) is 84.9 cm³/mol. The largest absolute Gasteiger partial charge is 0.390 e. The van der Waals surface area contributed by atoms with Crippen LogP contribution in [0.4, 0.5) is 5.69 Å². The Kier molecular flexibility index (Phi) is 4.84. The highest BCUT2D eigenvalue weighted by atomic mass is 16.3. The molecule has 0 aromatic carbocycles. The summed E-state index contributed by atoms with van der Waals surface area (Å²) in [5.41, 5.74) is 2.43. The van der Waals surface area contributed by atoms with Crippen LogP contribution in [0.2, 0.25) is 0 Å². The van der Waals surface area contributed by atoms with Crippen LogP contribution in [0.15, 0.2) is 12.4 Å². The zero-order valence-electron chi connectivity index (χ0n) is 13.1. The summed E-state index contributed by atoms with van der Waals surface area (Å²) in [6, 6.07) is 1.93. The minimum atomic E-state index is -0.394. The molecule has 1 saturated heterocycles. The van der Waals surface area contributed by atoms with E-state index in [2.05, 4.69) is 25.5 Å². The van der Waals surface area contributed by atoms with Gasteiger partial charge in [0.2, 0.25) is 5.65 Å². The number of nitrogens with one attached hydrogen (secondary N) is 1. The summed E-state index contributed by atoms with van der Waals surface area (Å²) >= 11 is 0. The van der Waals surface area contributed by atoms with Crippen LogP contribution < -0.4 is 5.32 Å². The van der Waals surface area contributed by atoms with Gasteiger partial charge in [-0.15, -0.1) is 10.2 Å². The van der Waals surface area contributed by atoms with Crippen molar-refractivity contribution in [3.8, 4) is 0 Å². The number of aromatic nitrogens is 4. The molecule has 2 aromatic rings. The number of fused-ring (bicyclic) bond motifs is 1. The lowest BCUT2D eigenvalue weighted by Crippen LogP contribution is -2.36. The summed E-state index contributed by atoms with van der Waals surface area (Å²) in [6.45, 7) is 5.35. The van der Waals surface area contributed by atoms with Crippen molar-refractivity contribution in [2.75, 3.05) is 31.5 Å². The summed E-state index contributed by atoms with van der Waals surface area (Å²) < 4.78 is 1.65. The van der Waals surface area contributed by atoms with Gasteiger partial charge in [0, 0.05) is 13.1 Å². The van der Waals surface area contributed by atoms with Gasteiger partial charge in [0.1, 0.15) is 6.33 Å². The van der Waals surface area contributed by atoms with Crippen molar-refractivity contribution in [1.82, 2.24) is 24.7 Å². The molecule has 0 amide bonds. The normalized spacial score (nSPS) is 18.3. The van der Waals surface area contributed by atoms with Crippen molar-refractivity contribution in [3.05, 3.63) is 18.1 Å². The van der Waals surface area contributed by atoms with Crippen molar-refractivity contribution in [2.24, 2.45) is 0 Å². The molecule has 1 atom stereocenters. The second-order valence-corrected chi connectivity index (χ2v) is 6.05. The maximum atomic E-state index is 10.3. The first-order chi connectivity index (χ1) is 10.7. The molecular formula is C15H24N6O. The molecule has 0 aliphatic carbocycles. The highest BCUT2D eigenvalue weighted by Gasteiger charge is 2.14. The number of likely N-dealkylation sites (tertiary alicyclic amines) is 1. The van der Waals surface area contributed by atoms with Gasteiger partial charge in [-0.2, -0.15) is 9.61 Å². The molecule has 0 bridgehead atoms. The fraction of sp³-hybridized carbons (Fsp3) is 0.667.